The Kier molecular flexibility index (Phi) is 7.14. The molecule has 2 N–H and O–H groups in total. The fourth-order valence-electron chi connectivity index (χ4n) is 3.93. The van der Waals surface area contributed by atoms with E-state index in [1.807, 2.05) is 19.1 Å². The van der Waals surface area contributed by atoms with Crippen molar-refractivity contribution < 1.29 is 19.2 Å². The number of benzene rings is 1. The Bertz CT molecular complexity index is 1180. The second-order valence-corrected chi connectivity index (χ2v) is 8.97. The molecule has 9 nitrogen and oxygen atoms in total. The minimum Gasteiger partial charge on any atom is -0.459 e. The van der Waals surface area contributed by atoms with Crippen molar-refractivity contribution in [1.29, 1.82) is 0 Å². The molecule has 1 unspecified atom stereocenters. The quantitative estimate of drug-likeness (QED) is 0.378. The molecule has 9 heteroatoms. The average Bonchev–Trinajstić information content (AvgIpc) is 2.76. The SMILES string of the molecule is CC1=C(C(=O)NCC(=O)OC(C)(C)C)C(c2cccc([N+](=O)[O-])c2)C(c2ccccn2)=C(C)N1. The van der Waals surface area contributed by atoms with E-state index in [-0.39, 0.29) is 12.2 Å². The van der Waals surface area contributed by atoms with E-state index in [4.69, 9.17) is 4.74 Å². The van der Waals surface area contributed by atoms with Gasteiger partial charge in [0.15, 0.2) is 0 Å². The molecule has 0 saturated carbocycles. The third-order valence-electron chi connectivity index (χ3n) is 5.17. The van der Waals surface area contributed by atoms with Gasteiger partial charge in [-0.15, -0.1) is 0 Å². The number of nitro groups is 1. The van der Waals surface area contributed by atoms with Gasteiger partial charge in [0.05, 0.1) is 10.6 Å². The fourth-order valence-corrected chi connectivity index (χ4v) is 3.93. The summed E-state index contributed by atoms with van der Waals surface area (Å²) in [5.74, 6) is -1.69. The predicted octanol–water partition coefficient (Wildman–Crippen LogP) is 3.84. The molecule has 1 atom stereocenters. The topological polar surface area (TPSA) is 123 Å². The molecular weight excluding hydrogens is 436 g/mol. The average molecular weight is 465 g/mol. The van der Waals surface area contributed by atoms with Crippen molar-refractivity contribution in [2.75, 3.05) is 6.54 Å². The predicted molar refractivity (Wildman–Crippen MR) is 127 cm³/mol. The fraction of sp³-hybridized carbons (Fsp3) is 0.320. The lowest BCUT2D eigenvalue weighted by atomic mass is 9.78. The summed E-state index contributed by atoms with van der Waals surface area (Å²) in [5, 5.41) is 17.3. The van der Waals surface area contributed by atoms with Gasteiger partial charge in [0, 0.05) is 46.8 Å². The number of nitro benzene ring substituents is 1. The van der Waals surface area contributed by atoms with Crippen LogP contribution in [0.15, 0.2) is 65.6 Å². The molecule has 2 heterocycles. The first-order chi connectivity index (χ1) is 16.0. The number of esters is 1. The zero-order valence-corrected chi connectivity index (χ0v) is 19.8. The van der Waals surface area contributed by atoms with E-state index in [1.165, 1.54) is 12.1 Å². The van der Waals surface area contributed by atoms with Crippen LogP contribution >= 0.6 is 0 Å². The van der Waals surface area contributed by atoms with Crippen LogP contribution in [0.4, 0.5) is 5.69 Å². The summed E-state index contributed by atoms with van der Waals surface area (Å²) in [4.78, 5) is 41.0. The molecule has 0 spiro atoms. The number of pyridine rings is 1. The van der Waals surface area contributed by atoms with Crippen LogP contribution in [0.5, 0.6) is 0 Å². The number of dihydropyridines is 1. The molecule has 1 aromatic carbocycles. The van der Waals surface area contributed by atoms with Gasteiger partial charge in [-0.3, -0.25) is 24.7 Å². The number of amides is 1. The number of nitrogens with zero attached hydrogens (tertiary/aromatic N) is 2. The van der Waals surface area contributed by atoms with Crippen LogP contribution in [0.25, 0.3) is 5.57 Å². The first-order valence-corrected chi connectivity index (χ1v) is 10.8. The molecule has 0 radical (unpaired) electrons. The summed E-state index contributed by atoms with van der Waals surface area (Å²) in [5.41, 5.74) is 2.85. The van der Waals surface area contributed by atoms with Crippen molar-refractivity contribution in [3.63, 3.8) is 0 Å². The van der Waals surface area contributed by atoms with Crippen LogP contribution in [-0.2, 0) is 14.3 Å². The summed E-state index contributed by atoms with van der Waals surface area (Å²) in [7, 11) is 0. The van der Waals surface area contributed by atoms with Gasteiger partial charge in [-0.2, -0.15) is 0 Å². The number of hydrogen-bond acceptors (Lipinski definition) is 7. The van der Waals surface area contributed by atoms with E-state index in [9.17, 15) is 19.7 Å². The molecule has 0 aliphatic carbocycles. The third-order valence-corrected chi connectivity index (χ3v) is 5.17. The molecule has 0 saturated heterocycles. The van der Waals surface area contributed by atoms with E-state index < -0.39 is 28.3 Å². The monoisotopic (exact) mass is 464 g/mol. The number of carbonyl (C=O) groups is 2. The van der Waals surface area contributed by atoms with Crippen LogP contribution < -0.4 is 10.6 Å². The Balaban J connectivity index is 2.05. The van der Waals surface area contributed by atoms with Gasteiger partial charge in [-0.25, -0.2) is 0 Å². The molecule has 178 valence electrons. The Morgan fingerprint density at radius 2 is 1.88 bits per heavy atom. The van der Waals surface area contributed by atoms with Gasteiger partial charge >= 0.3 is 5.97 Å². The molecule has 2 aromatic rings. The van der Waals surface area contributed by atoms with Gasteiger partial charge in [0.2, 0.25) is 5.91 Å². The van der Waals surface area contributed by atoms with Crippen molar-refractivity contribution in [2.45, 2.75) is 46.1 Å². The summed E-state index contributed by atoms with van der Waals surface area (Å²) in [6.07, 6.45) is 1.65. The Morgan fingerprint density at radius 1 is 1.15 bits per heavy atom. The van der Waals surface area contributed by atoms with E-state index >= 15 is 0 Å². The Morgan fingerprint density at radius 3 is 2.50 bits per heavy atom. The molecule has 1 aromatic heterocycles. The summed E-state index contributed by atoms with van der Waals surface area (Å²) < 4.78 is 5.28. The van der Waals surface area contributed by atoms with Crippen molar-refractivity contribution in [3.8, 4) is 0 Å². The third kappa shape index (κ3) is 5.67. The zero-order valence-electron chi connectivity index (χ0n) is 19.8. The van der Waals surface area contributed by atoms with Crippen LogP contribution in [0.2, 0.25) is 0 Å². The molecule has 1 amide bonds. The van der Waals surface area contributed by atoms with Gasteiger partial charge in [-0.1, -0.05) is 18.2 Å². The Labute approximate surface area is 198 Å². The normalized spacial score (nSPS) is 16.1. The number of nitrogens with one attached hydrogen (secondary N) is 2. The molecular formula is C25H28N4O5. The lowest BCUT2D eigenvalue weighted by Gasteiger charge is -2.32. The van der Waals surface area contributed by atoms with Crippen molar-refractivity contribution in [1.82, 2.24) is 15.6 Å². The number of non-ortho nitro benzene ring substituents is 1. The molecule has 3 rings (SSSR count). The largest absolute Gasteiger partial charge is 0.459 e. The lowest BCUT2D eigenvalue weighted by molar-refractivity contribution is -0.384. The maximum Gasteiger partial charge on any atom is 0.325 e. The van der Waals surface area contributed by atoms with Crippen LogP contribution in [0, 0.1) is 10.1 Å². The van der Waals surface area contributed by atoms with Crippen molar-refractivity contribution >= 4 is 23.1 Å². The van der Waals surface area contributed by atoms with E-state index in [0.29, 0.717) is 28.1 Å². The molecule has 1 aliphatic rings. The van der Waals surface area contributed by atoms with Gasteiger partial charge in [0.1, 0.15) is 12.1 Å². The van der Waals surface area contributed by atoms with Crippen molar-refractivity contribution in [3.05, 3.63) is 87.0 Å². The molecule has 1 aliphatic heterocycles. The maximum atomic E-state index is 13.4. The highest BCUT2D eigenvalue weighted by molar-refractivity contribution is 6.01. The number of carbonyl (C=O) groups excluding carboxylic acids is 2. The van der Waals surface area contributed by atoms with E-state index in [1.54, 1.807) is 52.1 Å². The highest BCUT2D eigenvalue weighted by Crippen LogP contribution is 2.43. The number of rotatable bonds is 6. The highest BCUT2D eigenvalue weighted by Gasteiger charge is 2.35. The smallest absolute Gasteiger partial charge is 0.325 e. The molecule has 34 heavy (non-hydrogen) atoms. The highest BCUT2D eigenvalue weighted by atomic mass is 16.6. The second-order valence-electron chi connectivity index (χ2n) is 8.97. The number of ether oxygens (including phenoxy) is 1. The number of aromatic nitrogens is 1. The standard InChI is InChI=1S/C25H28N4O5/c1-15-21(19-11-6-7-12-26-19)23(17-9-8-10-18(13-17)29(32)33)22(16(2)28-15)24(31)27-14-20(30)34-25(3,4)5/h6-13,23,28H,14H2,1-5H3,(H,27,31). The minimum absolute atomic E-state index is 0.0831. The summed E-state index contributed by atoms with van der Waals surface area (Å²) in [6, 6.07) is 11.6. The van der Waals surface area contributed by atoms with Crippen LogP contribution in [0.1, 0.15) is 51.8 Å². The van der Waals surface area contributed by atoms with Gasteiger partial charge < -0.3 is 15.4 Å². The number of hydrogen-bond donors (Lipinski definition) is 2. The second kappa shape index (κ2) is 9.86. The van der Waals surface area contributed by atoms with Gasteiger partial charge in [-0.05, 0) is 52.3 Å². The molecule has 0 bridgehead atoms. The Hall–Kier alpha value is -4.01. The van der Waals surface area contributed by atoms with Crippen LogP contribution in [0.3, 0.4) is 0 Å². The molecule has 0 fully saturated rings. The minimum atomic E-state index is -0.680. The maximum absolute atomic E-state index is 13.4. The van der Waals surface area contributed by atoms with E-state index in [0.717, 1.165) is 5.70 Å². The van der Waals surface area contributed by atoms with Gasteiger partial charge in [0.25, 0.3) is 5.69 Å². The first kappa shape index (κ1) is 24.6. The lowest BCUT2D eigenvalue weighted by Crippen LogP contribution is -2.38. The summed E-state index contributed by atoms with van der Waals surface area (Å²) in [6.45, 7) is 8.55. The zero-order chi connectivity index (χ0) is 25.0. The number of allylic oxidation sites excluding steroid dienone is 3. The van der Waals surface area contributed by atoms with E-state index in [2.05, 4.69) is 15.6 Å². The first-order valence-electron chi connectivity index (χ1n) is 10.8. The summed E-state index contributed by atoms with van der Waals surface area (Å²) >= 11 is 0. The van der Waals surface area contributed by atoms with Crippen molar-refractivity contribution in [2.24, 2.45) is 0 Å². The van der Waals surface area contributed by atoms with Crippen LogP contribution in [-0.4, -0.2) is 33.9 Å².